The molecule has 1 unspecified atom stereocenters. The quantitative estimate of drug-likeness (QED) is 0.369. The Morgan fingerprint density at radius 2 is 2.20 bits per heavy atom. The Kier molecular flexibility index (Phi) is 3.69. The Morgan fingerprint density at radius 3 is 2.30 bits per heavy atom. The third-order valence-corrected chi connectivity index (χ3v) is 1.55. The van der Waals surface area contributed by atoms with Crippen LogP contribution in [0.25, 0.3) is 0 Å². The molecule has 0 spiro atoms. The Morgan fingerprint density at radius 1 is 1.70 bits per heavy atom. The first-order valence-corrected chi connectivity index (χ1v) is 3.36. The van der Waals surface area contributed by atoms with Crippen LogP contribution in [-0.4, -0.2) is 16.7 Å². The fraction of sp³-hybridized carbons (Fsp3) is 0.714. The van der Waals surface area contributed by atoms with Gasteiger partial charge < -0.3 is 5.21 Å². The lowest BCUT2D eigenvalue weighted by Crippen LogP contribution is -2.18. The molecule has 0 aromatic carbocycles. The van der Waals surface area contributed by atoms with E-state index in [0.717, 1.165) is 6.42 Å². The summed E-state index contributed by atoms with van der Waals surface area (Å²) in [5.41, 5.74) is 0.266. The molecule has 0 aliphatic carbocycles. The molecule has 1 N–H and O–H groups in total. The van der Waals surface area contributed by atoms with Crippen LogP contribution < -0.4 is 0 Å². The van der Waals surface area contributed by atoms with Crippen LogP contribution in [0.4, 0.5) is 0 Å². The van der Waals surface area contributed by atoms with Gasteiger partial charge in [0.05, 0.1) is 0 Å². The molecule has 0 fully saturated rings. The Balaban J connectivity index is 4.23. The highest BCUT2D eigenvalue weighted by Gasteiger charge is 2.13. The average molecular weight is 143 g/mol. The highest BCUT2D eigenvalue weighted by Crippen LogP contribution is 2.04. The number of carbonyl (C=O) groups is 1. The molecule has 0 aliphatic rings. The van der Waals surface area contributed by atoms with Gasteiger partial charge in [-0.3, -0.25) is 4.79 Å². The smallest absolute Gasteiger partial charge is 0.177 e. The van der Waals surface area contributed by atoms with Gasteiger partial charge in [0.15, 0.2) is 5.78 Å². The molecule has 0 aromatic rings. The molecule has 0 radical (unpaired) electrons. The average Bonchev–Trinajstić information content (AvgIpc) is 1.88. The summed E-state index contributed by atoms with van der Waals surface area (Å²) in [4.78, 5) is 10.7. The molecule has 0 aromatic heterocycles. The fourth-order valence-electron chi connectivity index (χ4n) is 0.709. The fourth-order valence-corrected chi connectivity index (χ4v) is 0.709. The first kappa shape index (κ1) is 9.14. The highest BCUT2D eigenvalue weighted by atomic mass is 16.4. The highest BCUT2D eigenvalue weighted by molar-refractivity contribution is 6.39. The van der Waals surface area contributed by atoms with Crippen LogP contribution in [0.3, 0.4) is 0 Å². The van der Waals surface area contributed by atoms with E-state index in [4.69, 9.17) is 5.21 Å². The van der Waals surface area contributed by atoms with E-state index >= 15 is 0 Å². The van der Waals surface area contributed by atoms with E-state index < -0.39 is 0 Å². The maximum Gasteiger partial charge on any atom is 0.177 e. The number of carbonyl (C=O) groups excluding carboxylic acids is 1. The zero-order valence-electron chi connectivity index (χ0n) is 6.59. The second kappa shape index (κ2) is 4.04. The number of Topliss-reactive ketones (excluding diaryl/α,β-unsaturated/α-hetero) is 1. The summed E-state index contributed by atoms with van der Waals surface area (Å²) >= 11 is 0. The summed E-state index contributed by atoms with van der Waals surface area (Å²) in [6.45, 7) is 5.20. The molecule has 0 amide bonds. The van der Waals surface area contributed by atoms with Crippen molar-refractivity contribution in [2.75, 3.05) is 0 Å². The van der Waals surface area contributed by atoms with Crippen molar-refractivity contribution in [2.45, 2.75) is 27.2 Å². The lowest BCUT2D eigenvalue weighted by atomic mass is 10.0. The largest absolute Gasteiger partial charge is 0.411 e. The predicted molar refractivity (Wildman–Crippen MR) is 39.4 cm³/mol. The lowest BCUT2D eigenvalue weighted by molar-refractivity contribution is -0.111. The molecule has 0 heterocycles. The zero-order chi connectivity index (χ0) is 8.15. The van der Waals surface area contributed by atoms with Crippen LogP contribution in [-0.2, 0) is 4.79 Å². The maximum atomic E-state index is 10.7. The molecular formula is C7H13NO2. The number of ketones is 1. The molecule has 0 aliphatic heterocycles. The van der Waals surface area contributed by atoms with Crippen LogP contribution in [0.15, 0.2) is 5.16 Å². The van der Waals surface area contributed by atoms with E-state index in [-0.39, 0.29) is 17.4 Å². The van der Waals surface area contributed by atoms with Gasteiger partial charge in [-0.15, -0.1) is 0 Å². The molecule has 0 saturated carbocycles. The van der Waals surface area contributed by atoms with Crippen LogP contribution in [0.1, 0.15) is 27.2 Å². The van der Waals surface area contributed by atoms with Gasteiger partial charge in [-0.1, -0.05) is 19.0 Å². The monoisotopic (exact) mass is 143 g/mol. The van der Waals surface area contributed by atoms with Crippen molar-refractivity contribution in [3.63, 3.8) is 0 Å². The first-order chi connectivity index (χ1) is 4.63. The second-order valence-electron chi connectivity index (χ2n) is 2.35. The summed E-state index contributed by atoms with van der Waals surface area (Å²) in [5.74, 6) is -0.0978. The number of rotatable bonds is 3. The summed E-state index contributed by atoms with van der Waals surface area (Å²) < 4.78 is 0. The van der Waals surface area contributed by atoms with Gasteiger partial charge >= 0.3 is 0 Å². The minimum Gasteiger partial charge on any atom is -0.411 e. The Hall–Kier alpha value is -0.860. The molecule has 3 nitrogen and oxygen atoms in total. The first-order valence-electron chi connectivity index (χ1n) is 3.36. The SMILES string of the molecule is CCC(C)C(=NO)C(C)=O. The maximum absolute atomic E-state index is 10.7. The number of oxime groups is 1. The Bertz CT molecular complexity index is 152. The van der Waals surface area contributed by atoms with E-state index in [1.807, 2.05) is 13.8 Å². The minimum atomic E-state index is -0.156. The zero-order valence-corrected chi connectivity index (χ0v) is 6.59. The van der Waals surface area contributed by atoms with Crippen molar-refractivity contribution in [1.82, 2.24) is 0 Å². The molecule has 0 rings (SSSR count). The molecule has 10 heavy (non-hydrogen) atoms. The van der Waals surface area contributed by atoms with Crippen molar-refractivity contribution in [2.24, 2.45) is 11.1 Å². The van der Waals surface area contributed by atoms with Crippen LogP contribution >= 0.6 is 0 Å². The van der Waals surface area contributed by atoms with Crippen LogP contribution in [0.2, 0.25) is 0 Å². The Labute approximate surface area is 60.7 Å². The minimum absolute atomic E-state index is 0.0579. The van der Waals surface area contributed by atoms with Crippen molar-refractivity contribution in [3.05, 3.63) is 0 Å². The number of hydrogen-bond donors (Lipinski definition) is 1. The van der Waals surface area contributed by atoms with E-state index in [1.165, 1.54) is 6.92 Å². The molecule has 1 atom stereocenters. The molecule has 0 bridgehead atoms. The van der Waals surface area contributed by atoms with Crippen molar-refractivity contribution in [1.29, 1.82) is 0 Å². The summed E-state index contributed by atoms with van der Waals surface area (Å²) in [5, 5.41) is 11.3. The summed E-state index contributed by atoms with van der Waals surface area (Å²) in [6.07, 6.45) is 0.818. The third kappa shape index (κ3) is 2.17. The molecular weight excluding hydrogens is 130 g/mol. The standard InChI is InChI=1S/C7H13NO2/c1-4-5(2)7(8-10)6(3)9/h5,10H,4H2,1-3H3. The van der Waals surface area contributed by atoms with Gasteiger partial charge in [-0.2, -0.15) is 0 Å². The van der Waals surface area contributed by atoms with E-state index in [2.05, 4.69) is 5.16 Å². The molecule has 58 valence electrons. The van der Waals surface area contributed by atoms with Crippen LogP contribution in [0, 0.1) is 5.92 Å². The van der Waals surface area contributed by atoms with Gasteiger partial charge in [-0.25, -0.2) is 0 Å². The van der Waals surface area contributed by atoms with Crippen LogP contribution in [0.5, 0.6) is 0 Å². The number of hydrogen-bond acceptors (Lipinski definition) is 3. The van der Waals surface area contributed by atoms with Crippen molar-refractivity contribution < 1.29 is 10.0 Å². The van der Waals surface area contributed by atoms with E-state index in [0.29, 0.717) is 0 Å². The molecule has 0 saturated heterocycles. The number of nitrogens with zero attached hydrogens (tertiary/aromatic N) is 1. The van der Waals surface area contributed by atoms with Gasteiger partial charge in [0.1, 0.15) is 5.71 Å². The lowest BCUT2D eigenvalue weighted by Gasteiger charge is -2.05. The molecule has 3 heteroatoms. The third-order valence-electron chi connectivity index (χ3n) is 1.55. The van der Waals surface area contributed by atoms with Crippen molar-refractivity contribution >= 4 is 11.5 Å². The summed E-state index contributed by atoms with van der Waals surface area (Å²) in [7, 11) is 0. The van der Waals surface area contributed by atoms with Crippen molar-refractivity contribution in [3.8, 4) is 0 Å². The second-order valence-corrected chi connectivity index (χ2v) is 2.35. The summed E-state index contributed by atoms with van der Waals surface area (Å²) in [6, 6.07) is 0. The van der Waals surface area contributed by atoms with E-state index in [9.17, 15) is 4.79 Å². The van der Waals surface area contributed by atoms with E-state index in [1.54, 1.807) is 0 Å². The van der Waals surface area contributed by atoms with Gasteiger partial charge in [0, 0.05) is 12.8 Å². The van der Waals surface area contributed by atoms with Gasteiger partial charge in [0.25, 0.3) is 0 Å². The predicted octanol–water partition coefficient (Wildman–Crippen LogP) is 1.45. The van der Waals surface area contributed by atoms with Gasteiger partial charge in [-0.05, 0) is 6.42 Å². The van der Waals surface area contributed by atoms with Gasteiger partial charge in [0.2, 0.25) is 0 Å². The topological polar surface area (TPSA) is 49.7 Å². The normalized spacial score (nSPS) is 14.9.